The minimum Gasteiger partial charge on any atom is -0.493 e. The predicted octanol–water partition coefficient (Wildman–Crippen LogP) is 3.41. The van der Waals surface area contributed by atoms with E-state index in [1.165, 1.54) is 5.56 Å². The Morgan fingerprint density at radius 1 is 1.24 bits per heavy atom. The maximum absolute atomic E-state index is 11.3. The Morgan fingerprint density at radius 3 is 2.62 bits per heavy atom. The Kier molecular flexibility index (Phi) is 4.93. The van der Waals surface area contributed by atoms with Gasteiger partial charge in [0.1, 0.15) is 11.3 Å². The summed E-state index contributed by atoms with van der Waals surface area (Å²) in [6.07, 6.45) is 1.75. The quantitative estimate of drug-likeness (QED) is 0.826. The molecule has 2 aromatic rings. The van der Waals surface area contributed by atoms with Crippen molar-refractivity contribution >= 4 is 5.97 Å². The second-order valence-corrected chi connectivity index (χ2v) is 4.96. The summed E-state index contributed by atoms with van der Waals surface area (Å²) in [6.45, 7) is 4.00. The van der Waals surface area contributed by atoms with Crippen LogP contribution in [0.25, 0.3) is 0 Å². The van der Waals surface area contributed by atoms with E-state index in [0.717, 1.165) is 18.5 Å². The van der Waals surface area contributed by atoms with Crippen molar-refractivity contribution in [1.29, 1.82) is 0 Å². The normalized spacial score (nSPS) is 10.4. The van der Waals surface area contributed by atoms with E-state index in [1.54, 1.807) is 13.0 Å². The van der Waals surface area contributed by atoms with Gasteiger partial charge in [-0.15, -0.1) is 0 Å². The summed E-state index contributed by atoms with van der Waals surface area (Å²) < 4.78 is 5.66. The van der Waals surface area contributed by atoms with Crippen LogP contribution < -0.4 is 4.74 Å². The molecule has 0 saturated heterocycles. The zero-order valence-electron chi connectivity index (χ0n) is 12.3. The fourth-order valence-corrected chi connectivity index (χ4v) is 2.27. The summed E-state index contributed by atoms with van der Waals surface area (Å²) in [5, 5.41) is 9.25. The van der Waals surface area contributed by atoms with Crippen molar-refractivity contribution < 1.29 is 14.6 Å². The number of nitrogens with zero attached hydrogens (tertiary/aromatic N) is 1. The van der Waals surface area contributed by atoms with Gasteiger partial charge in [-0.05, 0) is 32.3 Å². The molecule has 0 atom stereocenters. The van der Waals surface area contributed by atoms with Gasteiger partial charge in [0, 0.05) is 11.8 Å². The van der Waals surface area contributed by atoms with Crippen LogP contribution in [0.5, 0.6) is 5.75 Å². The molecule has 0 bridgehead atoms. The van der Waals surface area contributed by atoms with E-state index in [0.29, 0.717) is 18.1 Å². The fraction of sp³-hybridized carbons (Fsp3) is 0.294. The van der Waals surface area contributed by atoms with Crippen LogP contribution in [0.3, 0.4) is 0 Å². The highest BCUT2D eigenvalue weighted by Gasteiger charge is 2.16. The first-order chi connectivity index (χ1) is 10.1. The first kappa shape index (κ1) is 15.0. The zero-order valence-corrected chi connectivity index (χ0v) is 12.3. The number of aryl methyl sites for hydroxylation is 3. The van der Waals surface area contributed by atoms with Crippen molar-refractivity contribution in [2.45, 2.75) is 26.7 Å². The highest BCUT2D eigenvalue weighted by Crippen LogP contribution is 2.22. The van der Waals surface area contributed by atoms with Gasteiger partial charge >= 0.3 is 5.97 Å². The average molecular weight is 285 g/mol. The predicted molar refractivity (Wildman–Crippen MR) is 80.9 cm³/mol. The first-order valence-electron chi connectivity index (χ1n) is 6.96. The number of carbonyl (C=O) groups is 1. The van der Waals surface area contributed by atoms with E-state index in [-0.39, 0.29) is 5.56 Å². The second kappa shape index (κ2) is 6.88. The molecule has 21 heavy (non-hydrogen) atoms. The van der Waals surface area contributed by atoms with E-state index in [9.17, 15) is 9.90 Å². The summed E-state index contributed by atoms with van der Waals surface area (Å²) >= 11 is 0. The molecule has 0 amide bonds. The van der Waals surface area contributed by atoms with Gasteiger partial charge in [0.05, 0.1) is 12.3 Å². The van der Waals surface area contributed by atoms with Crippen molar-refractivity contribution in [2.75, 3.05) is 6.61 Å². The first-order valence-corrected chi connectivity index (χ1v) is 6.96. The third kappa shape index (κ3) is 4.05. The monoisotopic (exact) mass is 285 g/mol. The lowest BCUT2D eigenvalue weighted by atomic mass is 10.1. The minimum atomic E-state index is -1.00. The van der Waals surface area contributed by atoms with Crippen molar-refractivity contribution in [3.63, 3.8) is 0 Å². The molecule has 0 aliphatic carbocycles. The summed E-state index contributed by atoms with van der Waals surface area (Å²) in [7, 11) is 0. The van der Waals surface area contributed by atoms with Crippen LogP contribution in [0.2, 0.25) is 0 Å². The number of aromatic nitrogens is 1. The van der Waals surface area contributed by atoms with E-state index in [2.05, 4.69) is 17.1 Å². The number of benzene rings is 1. The zero-order chi connectivity index (χ0) is 15.2. The standard InChI is InChI=1S/C17H19NO3/c1-12-11-15(16(17(19)20)13(2)18-12)21-10-6-9-14-7-4-3-5-8-14/h3-5,7-8,11H,6,9-10H2,1-2H3,(H,19,20). The van der Waals surface area contributed by atoms with Crippen molar-refractivity contribution in [2.24, 2.45) is 0 Å². The average Bonchev–Trinajstić information content (AvgIpc) is 2.43. The molecule has 0 radical (unpaired) electrons. The van der Waals surface area contributed by atoms with E-state index >= 15 is 0 Å². The molecule has 0 fully saturated rings. The van der Waals surface area contributed by atoms with Gasteiger partial charge in [-0.1, -0.05) is 30.3 Å². The molecule has 4 heteroatoms. The summed E-state index contributed by atoms with van der Waals surface area (Å²) in [6, 6.07) is 11.8. The van der Waals surface area contributed by atoms with Crippen LogP contribution in [0, 0.1) is 13.8 Å². The van der Waals surface area contributed by atoms with Crippen LogP contribution >= 0.6 is 0 Å². The molecular formula is C17H19NO3. The number of rotatable bonds is 6. The summed E-state index contributed by atoms with van der Waals surface area (Å²) in [5.74, 6) is -0.598. The lowest BCUT2D eigenvalue weighted by Crippen LogP contribution is -2.09. The Hall–Kier alpha value is -2.36. The number of pyridine rings is 1. The molecule has 0 aliphatic heterocycles. The van der Waals surface area contributed by atoms with Gasteiger partial charge in [0.15, 0.2) is 0 Å². The highest BCUT2D eigenvalue weighted by atomic mass is 16.5. The second-order valence-electron chi connectivity index (χ2n) is 4.96. The molecule has 0 unspecified atom stereocenters. The maximum atomic E-state index is 11.3. The van der Waals surface area contributed by atoms with Gasteiger partial charge in [0.2, 0.25) is 0 Å². The fourth-order valence-electron chi connectivity index (χ4n) is 2.27. The van der Waals surface area contributed by atoms with Gasteiger partial charge in [0.25, 0.3) is 0 Å². The van der Waals surface area contributed by atoms with E-state index < -0.39 is 5.97 Å². The molecule has 1 aromatic carbocycles. The van der Waals surface area contributed by atoms with Crippen LogP contribution in [0.15, 0.2) is 36.4 Å². The largest absolute Gasteiger partial charge is 0.493 e. The number of aromatic carboxylic acids is 1. The van der Waals surface area contributed by atoms with Gasteiger partial charge in [-0.25, -0.2) is 4.79 Å². The molecule has 1 aromatic heterocycles. The minimum absolute atomic E-state index is 0.153. The van der Waals surface area contributed by atoms with Crippen molar-refractivity contribution in [3.8, 4) is 5.75 Å². The molecular weight excluding hydrogens is 266 g/mol. The van der Waals surface area contributed by atoms with Gasteiger partial charge in [-0.2, -0.15) is 0 Å². The Labute approximate surface area is 124 Å². The highest BCUT2D eigenvalue weighted by molar-refractivity contribution is 5.92. The molecule has 0 saturated carbocycles. The number of carboxylic acid groups (broad SMARTS) is 1. The Morgan fingerprint density at radius 2 is 1.95 bits per heavy atom. The van der Waals surface area contributed by atoms with Gasteiger partial charge in [-0.3, -0.25) is 4.98 Å². The van der Waals surface area contributed by atoms with Crippen LogP contribution in [-0.4, -0.2) is 22.7 Å². The van der Waals surface area contributed by atoms with E-state index in [1.807, 2.05) is 25.1 Å². The number of carboxylic acids is 1. The Balaban J connectivity index is 1.98. The van der Waals surface area contributed by atoms with Crippen molar-refractivity contribution in [3.05, 3.63) is 58.9 Å². The topological polar surface area (TPSA) is 59.4 Å². The van der Waals surface area contributed by atoms with Crippen molar-refractivity contribution in [1.82, 2.24) is 4.98 Å². The SMILES string of the molecule is Cc1cc(OCCCc2ccccc2)c(C(=O)O)c(C)n1. The lowest BCUT2D eigenvalue weighted by Gasteiger charge is -2.11. The molecule has 1 N–H and O–H groups in total. The number of hydrogen-bond acceptors (Lipinski definition) is 3. The lowest BCUT2D eigenvalue weighted by molar-refractivity contribution is 0.0690. The molecule has 4 nitrogen and oxygen atoms in total. The maximum Gasteiger partial charge on any atom is 0.341 e. The number of hydrogen-bond donors (Lipinski definition) is 1. The summed E-state index contributed by atoms with van der Waals surface area (Å²) in [5.41, 5.74) is 2.65. The molecule has 0 spiro atoms. The summed E-state index contributed by atoms with van der Waals surface area (Å²) in [4.78, 5) is 15.5. The van der Waals surface area contributed by atoms with Crippen LogP contribution in [0.1, 0.15) is 33.7 Å². The smallest absolute Gasteiger partial charge is 0.341 e. The van der Waals surface area contributed by atoms with Crippen LogP contribution in [0.4, 0.5) is 0 Å². The number of ether oxygens (including phenoxy) is 1. The van der Waals surface area contributed by atoms with E-state index in [4.69, 9.17) is 4.74 Å². The molecule has 1 heterocycles. The third-order valence-corrected chi connectivity index (χ3v) is 3.22. The Bertz CT molecular complexity index is 623. The molecule has 2 rings (SSSR count). The molecule has 0 aliphatic rings. The van der Waals surface area contributed by atoms with Crippen LogP contribution in [-0.2, 0) is 6.42 Å². The molecule has 110 valence electrons. The van der Waals surface area contributed by atoms with Gasteiger partial charge < -0.3 is 9.84 Å². The third-order valence-electron chi connectivity index (χ3n) is 3.22.